The second-order valence-corrected chi connectivity index (χ2v) is 5.56. The predicted octanol–water partition coefficient (Wildman–Crippen LogP) is 3.41. The van der Waals surface area contributed by atoms with Gasteiger partial charge in [-0.3, -0.25) is 4.79 Å². The molecule has 1 aromatic carbocycles. The van der Waals surface area contributed by atoms with Crippen molar-refractivity contribution in [2.24, 2.45) is 0 Å². The molecular formula is C17H21N3O2. The van der Waals surface area contributed by atoms with Gasteiger partial charge in [0.15, 0.2) is 0 Å². The molecule has 1 heterocycles. The number of aromatic nitrogens is 2. The van der Waals surface area contributed by atoms with Gasteiger partial charge in [0, 0.05) is 6.07 Å². The highest BCUT2D eigenvalue weighted by molar-refractivity contribution is 5.89. The standard InChI is InChI=1S/C17H21N3O2/c21-17(11-13-22-15-8-2-1-3-9-15)19-16-10-12-18-20(16)14-6-4-5-7-14/h1-3,8-10,12,14H,4-7,11,13H2,(H,19,21). The number of carbonyl (C=O) groups excluding carboxylic acids is 1. The number of nitrogens with one attached hydrogen (secondary N) is 1. The summed E-state index contributed by atoms with van der Waals surface area (Å²) in [5, 5.41) is 7.29. The Kier molecular flexibility index (Phi) is 4.73. The quantitative estimate of drug-likeness (QED) is 0.889. The number of nitrogens with zero attached hydrogens (tertiary/aromatic N) is 2. The first-order chi connectivity index (χ1) is 10.8. The van der Waals surface area contributed by atoms with Gasteiger partial charge in [-0.15, -0.1) is 0 Å². The first-order valence-electron chi connectivity index (χ1n) is 7.84. The third kappa shape index (κ3) is 3.67. The van der Waals surface area contributed by atoms with Crippen molar-refractivity contribution in [1.29, 1.82) is 0 Å². The summed E-state index contributed by atoms with van der Waals surface area (Å²) < 4.78 is 7.49. The normalized spacial score (nSPS) is 14.9. The van der Waals surface area contributed by atoms with Crippen molar-refractivity contribution in [2.45, 2.75) is 38.1 Å². The summed E-state index contributed by atoms with van der Waals surface area (Å²) in [5.41, 5.74) is 0. The molecule has 1 N–H and O–H groups in total. The molecule has 1 fully saturated rings. The minimum atomic E-state index is -0.0457. The van der Waals surface area contributed by atoms with E-state index in [1.54, 1.807) is 6.20 Å². The van der Waals surface area contributed by atoms with Crippen molar-refractivity contribution >= 4 is 11.7 Å². The summed E-state index contributed by atoms with van der Waals surface area (Å²) >= 11 is 0. The molecule has 1 saturated carbocycles. The highest BCUT2D eigenvalue weighted by Crippen LogP contribution is 2.31. The number of ether oxygens (including phenoxy) is 1. The van der Waals surface area contributed by atoms with Crippen LogP contribution in [0.5, 0.6) is 5.75 Å². The number of hydrogen-bond donors (Lipinski definition) is 1. The van der Waals surface area contributed by atoms with Gasteiger partial charge in [0.2, 0.25) is 5.91 Å². The van der Waals surface area contributed by atoms with Crippen molar-refractivity contribution in [2.75, 3.05) is 11.9 Å². The zero-order valence-corrected chi connectivity index (χ0v) is 12.6. The zero-order chi connectivity index (χ0) is 15.2. The number of hydrogen-bond acceptors (Lipinski definition) is 3. The fourth-order valence-electron chi connectivity index (χ4n) is 2.84. The fraction of sp³-hybridized carbons (Fsp3) is 0.412. The Balaban J connectivity index is 1.49. The molecule has 0 aliphatic heterocycles. The molecule has 5 nitrogen and oxygen atoms in total. The average Bonchev–Trinajstić information content (AvgIpc) is 3.19. The lowest BCUT2D eigenvalue weighted by Crippen LogP contribution is -2.19. The maximum Gasteiger partial charge on any atom is 0.228 e. The van der Waals surface area contributed by atoms with Gasteiger partial charge in [-0.25, -0.2) is 4.68 Å². The minimum absolute atomic E-state index is 0.0457. The largest absolute Gasteiger partial charge is 0.493 e. The van der Waals surface area contributed by atoms with E-state index in [2.05, 4.69) is 10.4 Å². The van der Waals surface area contributed by atoms with Crippen LogP contribution < -0.4 is 10.1 Å². The van der Waals surface area contributed by atoms with Crippen LogP contribution in [-0.2, 0) is 4.79 Å². The number of carbonyl (C=O) groups is 1. The summed E-state index contributed by atoms with van der Waals surface area (Å²) in [4.78, 5) is 12.0. The molecule has 1 aromatic heterocycles. The molecule has 116 valence electrons. The molecule has 0 spiro atoms. The predicted molar refractivity (Wildman–Crippen MR) is 84.9 cm³/mol. The van der Waals surface area contributed by atoms with Crippen molar-refractivity contribution in [3.05, 3.63) is 42.6 Å². The van der Waals surface area contributed by atoms with Gasteiger partial charge in [-0.05, 0) is 25.0 Å². The lowest BCUT2D eigenvalue weighted by atomic mass is 10.2. The van der Waals surface area contributed by atoms with E-state index in [4.69, 9.17) is 4.74 Å². The van der Waals surface area contributed by atoms with E-state index in [-0.39, 0.29) is 5.91 Å². The van der Waals surface area contributed by atoms with Gasteiger partial charge in [-0.2, -0.15) is 5.10 Å². The lowest BCUT2D eigenvalue weighted by molar-refractivity contribution is -0.116. The fourth-order valence-corrected chi connectivity index (χ4v) is 2.84. The Labute approximate surface area is 130 Å². The van der Waals surface area contributed by atoms with E-state index >= 15 is 0 Å². The highest BCUT2D eigenvalue weighted by atomic mass is 16.5. The Bertz CT molecular complexity index is 603. The number of benzene rings is 1. The van der Waals surface area contributed by atoms with Crippen molar-refractivity contribution in [1.82, 2.24) is 9.78 Å². The summed E-state index contributed by atoms with van der Waals surface area (Å²) in [6.07, 6.45) is 6.83. The first kappa shape index (κ1) is 14.6. The first-order valence-corrected chi connectivity index (χ1v) is 7.84. The molecule has 3 rings (SSSR count). The Morgan fingerprint density at radius 2 is 2.00 bits per heavy atom. The number of anilines is 1. The molecule has 0 unspecified atom stereocenters. The van der Waals surface area contributed by atoms with Crippen LogP contribution in [0.4, 0.5) is 5.82 Å². The SMILES string of the molecule is O=C(CCOc1ccccc1)Nc1ccnn1C1CCCC1. The maximum atomic E-state index is 12.0. The maximum absolute atomic E-state index is 12.0. The van der Waals surface area contributed by atoms with Crippen molar-refractivity contribution < 1.29 is 9.53 Å². The molecule has 5 heteroatoms. The Morgan fingerprint density at radius 3 is 2.77 bits per heavy atom. The van der Waals surface area contributed by atoms with Gasteiger partial charge < -0.3 is 10.1 Å². The van der Waals surface area contributed by atoms with E-state index in [1.807, 2.05) is 41.1 Å². The molecule has 0 radical (unpaired) electrons. The van der Waals surface area contributed by atoms with E-state index < -0.39 is 0 Å². The van der Waals surface area contributed by atoms with Gasteiger partial charge in [0.25, 0.3) is 0 Å². The van der Waals surface area contributed by atoms with Crippen molar-refractivity contribution in [3.63, 3.8) is 0 Å². The van der Waals surface area contributed by atoms with Crippen molar-refractivity contribution in [3.8, 4) is 5.75 Å². The number of rotatable bonds is 6. The third-order valence-corrected chi connectivity index (χ3v) is 3.95. The van der Waals surface area contributed by atoms with Gasteiger partial charge in [0.1, 0.15) is 11.6 Å². The molecule has 0 saturated heterocycles. The van der Waals surface area contributed by atoms with Crippen LogP contribution in [0, 0.1) is 0 Å². The van der Waals surface area contributed by atoms with Crippen LogP contribution in [0.1, 0.15) is 38.1 Å². The van der Waals surface area contributed by atoms with Crippen LogP contribution in [0.15, 0.2) is 42.6 Å². The minimum Gasteiger partial charge on any atom is -0.493 e. The number of amides is 1. The molecule has 0 bridgehead atoms. The Morgan fingerprint density at radius 1 is 1.23 bits per heavy atom. The van der Waals surface area contributed by atoms with Crippen LogP contribution >= 0.6 is 0 Å². The molecular weight excluding hydrogens is 278 g/mol. The monoisotopic (exact) mass is 299 g/mol. The lowest BCUT2D eigenvalue weighted by Gasteiger charge is -2.14. The van der Waals surface area contributed by atoms with E-state index in [1.165, 1.54) is 12.8 Å². The third-order valence-electron chi connectivity index (χ3n) is 3.95. The van der Waals surface area contributed by atoms with E-state index in [0.29, 0.717) is 19.1 Å². The molecule has 0 atom stereocenters. The molecule has 1 amide bonds. The molecule has 2 aromatic rings. The van der Waals surface area contributed by atoms with Crippen LogP contribution in [0.2, 0.25) is 0 Å². The summed E-state index contributed by atoms with van der Waals surface area (Å²) in [5.74, 6) is 1.53. The molecule has 22 heavy (non-hydrogen) atoms. The van der Waals surface area contributed by atoms with Gasteiger partial charge in [-0.1, -0.05) is 31.0 Å². The van der Waals surface area contributed by atoms with E-state index in [9.17, 15) is 4.79 Å². The highest BCUT2D eigenvalue weighted by Gasteiger charge is 2.20. The summed E-state index contributed by atoms with van der Waals surface area (Å²) in [6.45, 7) is 0.368. The molecule has 1 aliphatic carbocycles. The van der Waals surface area contributed by atoms with Crippen LogP contribution in [0.3, 0.4) is 0 Å². The topological polar surface area (TPSA) is 56.1 Å². The summed E-state index contributed by atoms with van der Waals surface area (Å²) in [6, 6.07) is 11.8. The smallest absolute Gasteiger partial charge is 0.228 e. The zero-order valence-electron chi connectivity index (χ0n) is 12.6. The second kappa shape index (κ2) is 7.11. The molecule has 1 aliphatic rings. The van der Waals surface area contributed by atoms with Gasteiger partial charge >= 0.3 is 0 Å². The Hall–Kier alpha value is -2.30. The van der Waals surface area contributed by atoms with Crippen LogP contribution in [-0.4, -0.2) is 22.3 Å². The summed E-state index contributed by atoms with van der Waals surface area (Å²) in [7, 11) is 0. The van der Waals surface area contributed by atoms with E-state index in [0.717, 1.165) is 24.4 Å². The average molecular weight is 299 g/mol. The van der Waals surface area contributed by atoms with Gasteiger partial charge in [0.05, 0.1) is 25.3 Å². The number of para-hydroxylation sites is 1. The second-order valence-electron chi connectivity index (χ2n) is 5.56. The van der Waals surface area contributed by atoms with Crippen LogP contribution in [0.25, 0.3) is 0 Å².